The molecule has 0 spiro atoms. The topological polar surface area (TPSA) is 41.6 Å². The summed E-state index contributed by atoms with van der Waals surface area (Å²) >= 11 is 1.90. The summed E-state index contributed by atoms with van der Waals surface area (Å²) in [5.74, 6) is 1.23. The normalized spacial score (nSPS) is 19.6. The lowest BCUT2D eigenvalue weighted by atomic mass is 10.0. The van der Waals surface area contributed by atoms with E-state index in [1.54, 1.807) is 0 Å². The molecule has 0 radical (unpaired) electrons. The molecule has 0 bridgehead atoms. The summed E-state index contributed by atoms with van der Waals surface area (Å²) in [4.78, 5) is 14.2. The van der Waals surface area contributed by atoms with E-state index in [1.165, 1.54) is 25.0 Å². The number of hydrogen-bond acceptors (Lipinski definition) is 4. The van der Waals surface area contributed by atoms with E-state index in [4.69, 9.17) is 4.74 Å². The van der Waals surface area contributed by atoms with Crippen molar-refractivity contribution in [3.63, 3.8) is 0 Å². The first-order chi connectivity index (χ1) is 9.94. The first kappa shape index (κ1) is 18.6. The second kappa shape index (κ2) is 9.57. The van der Waals surface area contributed by atoms with Crippen LogP contribution in [-0.2, 0) is 4.74 Å². The minimum Gasteiger partial charge on any atom is -0.444 e. The average molecular weight is 317 g/mol. The Kier molecular flexibility index (Phi) is 8.49. The fourth-order valence-electron chi connectivity index (χ4n) is 2.54. The summed E-state index contributed by atoms with van der Waals surface area (Å²) < 4.78 is 5.52. The molecule has 0 aromatic rings. The van der Waals surface area contributed by atoms with Crippen molar-refractivity contribution in [1.29, 1.82) is 0 Å². The summed E-state index contributed by atoms with van der Waals surface area (Å²) in [6, 6.07) is 0.286. The van der Waals surface area contributed by atoms with Gasteiger partial charge < -0.3 is 15.0 Å². The summed E-state index contributed by atoms with van der Waals surface area (Å²) in [6.45, 7) is 8.53. The van der Waals surface area contributed by atoms with Gasteiger partial charge in [-0.05, 0) is 71.4 Å². The van der Waals surface area contributed by atoms with Crippen molar-refractivity contribution in [1.82, 2.24) is 10.2 Å². The van der Waals surface area contributed by atoms with Crippen molar-refractivity contribution in [2.45, 2.75) is 64.5 Å². The lowest BCUT2D eigenvalue weighted by molar-refractivity contribution is 0.00998. The number of piperidine rings is 1. The predicted octanol–water partition coefficient (Wildman–Crippen LogP) is 3.51. The van der Waals surface area contributed by atoms with Crippen molar-refractivity contribution in [3.8, 4) is 0 Å². The van der Waals surface area contributed by atoms with Gasteiger partial charge in [-0.3, -0.25) is 0 Å². The van der Waals surface area contributed by atoms with E-state index in [9.17, 15) is 4.79 Å². The van der Waals surface area contributed by atoms with Crippen LogP contribution in [0, 0.1) is 0 Å². The van der Waals surface area contributed by atoms with Crippen LogP contribution in [0.25, 0.3) is 0 Å². The number of hydrogen-bond donors (Lipinski definition) is 1. The molecule has 1 rings (SSSR count). The molecule has 0 saturated carbocycles. The number of likely N-dealkylation sites (tertiary alicyclic amines) is 1. The summed E-state index contributed by atoms with van der Waals surface area (Å²) in [5, 5.41) is 3.50. The monoisotopic (exact) mass is 316 g/mol. The maximum atomic E-state index is 12.3. The summed E-state index contributed by atoms with van der Waals surface area (Å²) in [6.07, 6.45) is 7.83. The zero-order valence-corrected chi connectivity index (χ0v) is 14.9. The third-order valence-electron chi connectivity index (χ3n) is 3.59. The molecule has 1 saturated heterocycles. The fraction of sp³-hybridized carbons (Fsp3) is 0.938. The van der Waals surface area contributed by atoms with E-state index in [0.29, 0.717) is 0 Å². The van der Waals surface area contributed by atoms with Crippen LogP contribution in [0.2, 0.25) is 0 Å². The molecule has 0 aromatic carbocycles. The van der Waals surface area contributed by atoms with E-state index >= 15 is 0 Å². The quantitative estimate of drug-likeness (QED) is 0.730. The van der Waals surface area contributed by atoms with Crippen molar-refractivity contribution in [3.05, 3.63) is 0 Å². The van der Waals surface area contributed by atoms with Gasteiger partial charge in [0.05, 0.1) is 0 Å². The van der Waals surface area contributed by atoms with Crippen LogP contribution in [0.15, 0.2) is 0 Å². The Balaban J connectivity index is 2.33. The van der Waals surface area contributed by atoms with Gasteiger partial charge in [-0.2, -0.15) is 11.8 Å². The third kappa shape index (κ3) is 7.96. The molecule has 1 fully saturated rings. The van der Waals surface area contributed by atoms with Crippen LogP contribution < -0.4 is 5.32 Å². The summed E-state index contributed by atoms with van der Waals surface area (Å²) in [7, 11) is 0. The highest BCUT2D eigenvalue weighted by atomic mass is 32.2. The number of thioether (sulfide) groups is 1. The number of ether oxygens (including phenoxy) is 1. The number of rotatable bonds is 7. The Morgan fingerprint density at radius 1 is 1.33 bits per heavy atom. The lowest BCUT2D eigenvalue weighted by Crippen LogP contribution is -2.50. The number of carbonyl (C=O) groups is 1. The minimum absolute atomic E-state index is 0.156. The molecule has 1 amide bonds. The van der Waals surface area contributed by atoms with E-state index in [-0.39, 0.29) is 12.1 Å². The second-order valence-corrected chi connectivity index (χ2v) is 7.71. The lowest BCUT2D eigenvalue weighted by Gasteiger charge is -2.37. The van der Waals surface area contributed by atoms with E-state index in [2.05, 4.69) is 11.6 Å². The van der Waals surface area contributed by atoms with Crippen LogP contribution >= 0.6 is 11.8 Å². The molecule has 0 aliphatic carbocycles. The molecule has 1 heterocycles. The smallest absolute Gasteiger partial charge is 0.410 e. The highest BCUT2D eigenvalue weighted by Gasteiger charge is 2.29. The number of unbranched alkanes of at least 4 members (excludes halogenated alkanes) is 1. The Hall–Kier alpha value is -0.420. The molecular weight excluding hydrogens is 284 g/mol. The van der Waals surface area contributed by atoms with Crippen molar-refractivity contribution < 1.29 is 9.53 Å². The molecule has 1 aliphatic heterocycles. The van der Waals surface area contributed by atoms with Crippen molar-refractivity contribution in [2.75, 3.05) is 31.6 Å². The number of carbonyl (C=O) groups excluding carboxylic acids is 1. The van der Waals surface area contributed by atoms with Gasteiger partial charge in [0.2, 0.25) is 0 Å². The average Bonchev–Trinajstić information content (AvgIpc) is 2.41. The molecule has 5 heteroatoms. The maximum absolute atomic E-state index is 12.3. The van der Waals surface area contributed by atoms with Crippen LogP contribution in [-0.4, -0.2) is 54.3 Å². The zero-order valence-electron chi connectivity index (χ0n) is 14.1. The van der Waals surface area contributed by atoms with Gasteiger partial charge >= 0.3 is 6.09 Å². The first-order valence-corrected chi connectivity index (χ1v) is 9.52. The van der Waals surface area contributed by atoms with E-state index < -0.39 is 5.60 Å². The van der Waals surface area contributed by atoms with Gasteiger partial charge in [-0.15, -0.1) is 0 Å². The first-order valence-electron chi connectivity index (χ1n) is 8.13. The molecular formula is C16H32N2O2S. The standard InChI is InChI=1S/C16H32N2O2S/c1-16(2,3)20-15(19)18-11-7-5-9-14(18)13-17-10-6-8-12-21-4/h14,17H,5-13H2,1-4H3. The largest absolute Gasteiger partial charge is 0.444 e. The molecule has 21 heavy (non-hydrogen) atoms. The highest BCUT2D eigenvalue weighted by Crippen LogP contribution is 2.20. The molecule has 0 aromatic heterocycles. The Morgan fingerprint density at radius 2 is 2.10 bits per heavy atom. The molecule has 1 unspecified atom stereocenters. The van der Waals surface area contributed by atoms with Crippen LogP contribution in [0.5, 0.6) is 0 Å². The predicted molar refractivity (Wildman–Crippen MR) is 91.1 cm³/mol. The van der Waals surface area contributed by atoms with E-state index in [1.807, 2.05) is 37.4 Å². The molecule has 1 aliphatic rings. The highest BCUT2D eigenvalue weighted by molar-refractivity contribution is 7.98. The van der Waals surface area contributed by atoms with Gasteiger partial charge in [-0.25, -0.2) is 4.79 Å². The molecule has 124 valence electrons. The second-order valence-electron chi connectivity index (χ2n) is 6.73. The zero-order chi connectivity index (χ0) is 15.7. The van der Waals surface area contributed by atoms with Crippen LogP contribution in [0.1, 0.15) is 52.9 Å². The Labute approximate surface area is 134 Å². The number of nitrogens with zero attached hydrogens (tertiary/aromatic N) is 1. The summed E-state index contributed by atoms with van der Waals surface area (Å²) in [5.41, 5.74) is -0.412. The fourth-order valence-corrected chi connectivity index (χ4v) is 3.03. The maximum Gasteiger partial charge on any atom is 0.410 e. The van der Waals surface area contributed by atoms with Gasteiger partial charge in [0.25, 0.3) is 0 Å². The van der Waals surface area contributed by atoms with Crippen molar-refractivity contribution in [2.24, 2.45) is 0 Å². The third-order valence-corrected chi connectivity index (χ3v) is 4.28. The molecule has 1 atom stereocenters. The number of amides is 1. The van der Waals surface area contributed by atoms with Gasteiger partial charge in [-0.1, -0.05) is 0 Å². The SMILES string of the molecule is CSCCCCNCC1CCCCN1C(=O)OC(C)(C)C. The van der Waals surface area contributed by atoms with Gasteiger partial charge in [0, 0.05) is 19.1 Å². The Morgan fingerprint density at radius 3 is 2.76 bits per heavy atom. The van der Waals surface area contributed by atoms with Crippen LogP contribution in [0.3, 0.4) is 0 Å². The van der Waals surface area contributed by atoms with Gasteiger partial charge in [0.1, 0.15) is 5.60 Å². The van der Waals surface area contributed by atoms with Crippen molar-refractivity contribution >= 4 is 17.9 Å². The van der Waals surface area contributed by atoms with E-state index in [0.717, 1.165) is 32.5 Å². The molecule has 1 N–H and O–H groups in total. The molecule has 4 nitrogen and oxygen atoms in total. The van der Waals surface area contributed by atoms with Gasteiger partial charge in [0.15, 0.2) is 0 Å². The minimum atomic E-state index is -0.412. The Bertz CT molecular complexity index is 305. The van der Waals surface area contributed by atoms with Crippen LogP contribution in [0.4, 0.5) is 4.79 Å². The number of nitrogens with one attached hydrogen (secondary N) is 1.